The smallest absolute Gasteiger partial charge is 0.251 e. The zero-order valence-electron chi connectivity index (χ0n) is 16.7. The number of fused-ring (bicyclic) bond motifs is 1. The van der Waals surface area contributed by atoms with Gasteiger partial charge in [-0.1, -0.05) is 17.3 Å². The van der Waals surface area contributed by atoms with Gasteiger partial charge in [0.2, 0.25) is 0 Å². The highest BCUT2D eigenvalue weighted by Gasteiger charge is 2.34. The van der Waals surface area contributed by atoms with Crippen molar-refractivity contribution in [3.05, 3.63) is 42.4 Å². The van der Waals surface area contributed by atoms with Crippen molar-refractivity contribution in [2.45, 2.75) is 25.3 Å². The van der Waals surface area contributed by atoms with Crippen LogP contribution in [0, 0.1) is 0 Å². The minimum absolute atomic E-state index is 0.123. The van der Waals surface area contributed by atoms with E-state index in [4.69, 9.17) is 4.52 Å². The summed E-state index contributed by atoms with van der Waals surface area (Å²) in [5.74, 6) is -0.978. The number of alkyl halides is 2. The molecule has 3 aromatic rings. The first-order chi connectivity index (χ1) is 14.6. The van der Waals surface area contributed by atoms with E-state index in [2.05, 4.69) is 24.9 Å². The summed E-state index contributed by atoms with van der Waals surface area (Å²) in [6.45, 7) is 4.84. The van der Waals surface area contributed by atoms with Crippen LogP contribution in [0.15, 0.2) is 41.2 Å². The van der Waals surface area contributed by atoms with E-state index in [1.165, 1.54) is 6.33 Å². The third kappa shape index (κ3) is 3.94. The predicted molar refractivity (Wildman–Crippen MR) is 110 cm³/mol. The summed E-state index contributed by atoms with van der Waals surface area (Å²) in [7, 11) is 0. The van der Waals surface area contributed by atoms with Crippen LogP contribution in [0.4, 0.5) is 20.4 Å². The summed E-state index contributed by atoms with van der Waals surface area (Å²) in [6.07, 6.45) is 1.29. The molecule has 0 atom stereocenters. The first-order valence-corrected chi connectivity index (χ1v) is 10.3. The van der Waals surface area contributed by atoms with Crippen LogP contribution in [-0.2, 0) is 6.54 Å². The largest absolute Gasteiger partial charge is 0.356 e. The Morgan fingerprint density at radius 3 is 2.30 bits per heavy atom. The van der Waals surface area contributed by atoms with Gasteiger partial charge in [-0.25, -0.2) is 18.7 Å². The van der Waals surface area contributed by atoms with E-state index in [1.807, 2.05) is 35.2 Å². The molecule has 0 bridgehead atoms. The molecule has 0 saturated carbocycles. The number of piperazine rings is 1. The van der Waals surface area contributed by atoms with Gasteiger partial charge in [-0.3, -0.25) is 4.90 Å². The molecule has 2 aliphatic heterocycles. The first-order valence-electron chi connectivity index (χ1n) is 10.3. The highest BCUT2D eigenvalue weighted by Crippen LogP contribution is 2.30. The van der Waals surface area contributed by atoms with Crippen LogP contribution in [0.3, 0.4) is 0 Å². The zero-order chi connectivity index (χ0) is 20.6. The lowest BCUT2D eigenvalue weighted by molar-refractivity contribution is -0.0221. The van der Waals surface area contributed by atoms with Gasteiger partial charge in [-0.2, -0.15) is 0 Å². The lowest BCUT2D eigenvalue weighted by Gasteiger charge is -2.36. The second-order valence-electron chi connectivity index (χ2n) is 7.97. The third-order valence-corrected chi connectivity index (χ3v) is 5.98. The molecular formula is C21H24F2N6O. The van der Waals surface area contributed by atoms with E-state index in [0.717, 1.165) is 61.0 Å². The fraction of sp³-hybridized carbons (Fsp3) is 0.476. The van der Waals surface area contributed by atoms with Gasteiger partial charge in [0.25, 0.3) is 5.92 Å². The minimum atomic E-state index is -2.56. The molecule has 2 aromatic heterocycles. The summed E-state index contributed by atoms with van der Waals surface area (Å²) in [5.41, 5.74) is 1.78. The molecule has 158 valence electrons. The number of para-hydroxylation sites is 1. The van der Waals surface area contributed by atoms with Crippen LogP contribution in [0.5, 0.6) is 0 Å². The summed E-state index contributed by atoms with van der Waals surface area (Å²) < 4.78 is 32.3. The molecule has 2 aliphatic rings. The van der Waals surface area contributed by atoms with Gasteiger partial charge in [0, 0.05) is 70.1 Å². The van der Waals surface area contributed by atoms with Gasteiger partial charge >= 0.3 is 0 Å². The van der Waals surface area contributed by atoms with Crippen LogP contribution in [-0.4, -0.2) is 65.2 Å². The molecule has 0 amide bonds. The number of rotatable bonds is 4. The second-order valence-corrected chi connectivity index (χ2v) is 7.97. The van der Waals surface area contributed by atoms with Crippen LogP contribution < -0.4 is 9.80 Å². The number of piperidine rings is 1. The van der Waals surface area contributed by atoms with Crippen molar-refractivity contribution in [1.29, 1.82) is 0 Å². The van der Waals surface area contributed by atoms with E-state index in [9.17, 15) is 8.78 Å². The lowest BCUT2D eigenvalue weighted by atomic mass is 10.1. The Hall–Kier alpha value is -2.81. The Labute approximate surface area is 173 Å². The SMILES string of the molecule is FC1(F)CCN(c2cc(N3CCN(Cc4noc5ccccc45)CC3)ncn2)CC1. The number of hydrogen-bond acceptors (Lipinski definition) is 7. The molecule has 5 rings (SSSR count). The molecule has 30 heavy (non-hydrogen) atoms. The van der Waals surface area contributed by atoms with E-state index < -0.39 is 5.92 Å². The number of anilines is 2. The number of aromatic nitrogens is 3. The minimum Gasteiger partial charge on any atom is -0.356 e. The zero-order valence-corrected chi connectivity index (χ0v) is 16.7. The molecule has 7 nitrogen and oxygen atoms in total. The van der Waals surface area contributed by atoms with Crippen molar-refractivity contribution >= 4 is 22.6 Å². The standard InChI is InChI=1S/C21H24F2N6O/c22-21(23)5-7-28(8-6-21)19-13-20(25-15-24-19)29-11-9-27(10-12-29)14-17-16-3-1-2-4-18(16)30-26-17/h1-4,13,15H,5-12,14H2. The number of halogens is 2. The van der Waals surface area contributed by atoms with E-state index in [-0.39, 0.29) is 12.8 Å². The Morgan fingerprint density at radius 1 is 0.900 bits per heavy atom. The molecule has 0 unspecified atom stereocenters. The van der Waals surface area contributed by atoms with Crippen LogP contribution in [0.25, 0.3) is 11.0 Å². The van der Waals surface area contributed by atoms with E-state index >= 15 is 0 Å². The van der Waals surface area contributed by atoms with Crippen molar-refractivity contribution < 1.29 is 13.3 Å². The Morgan fingerprint density at radius 2 is 1.57 bits per heavy atom. The lowest BCUT2D eigenvalue weighted by Crippen LogP contribution is -2.46. The summed E-state index contributed by atoms with van der Waals surface area (Å²) >= 11 is 0. The van der Waals surface area contributed by atoms with Gasteiger partial charge in [-0.05, 0) is 12.1 Å². The highest BCUT2D eigenvalue weighted by molar-refractivity contribution is 5.79. The molecule has 9 heteroatoms. The summed E-state index contributed by atoms with van der Waals surface area (Å²) in [4.78, 5) is 15.2. The first kappa shape index (κ1) is 19.2. The molecule has 0 aliphatic carbocycles. The molecule has 2 fully saturated rings. The molecular weight excluding hydrogens is 390 g/mol. The van der Waals surface area contributed by atoms with Crippen molar-refractivity contribution in [3.63, 3.8) is 0 Å². The molecule has 0 N–H and O–H groups in total. The van der Waals surface area contributed by atoms with Gasteiger partial charge in [0.1, 0.15) is 23.7 Å². The molecule has 0 radical (unpaired) electrons. The quantitative estimate of drug-likeness (QED) is 0.650. The van der Waals surface area contributed by atoms with E-state index in [0.29, 0.717) is 13.1 Å². The number of hydrogen-bond donors (Lipinski definition) is 0. The normalized spacial score (nSPS) is 20.1. The molecule has 0 spiro atoms. The van der Waals surface area contributed by atoms with Crippen molar-refractivity contribution in [2.24, 2.45) is 0 Å². The average molecular weight is 414 g/mol. The Kier molecular flexibility index (Phi) is 4.98. The average Bonchev–Trinajstić information content (AvgIpc) is 3.17. The van der Waals surface area contributed by atoms with E-state index in [1.54, 1.807) is 0 Å². The second kappa shape index (κ2) is 7.79. The van der Waals surface area contributed by atoms with Gasteiger partial charge in [0.05, 0.1) is 0 Å². The summed E-state index contributed by atoms with van der Waals surface area (Å²) in [5, 5.41) is 5.29. The van der Waals surface area contributed by atoms with Crippen LogP contribution in [0.1, 0.15) is 18.5 Å². The third-order valence-electron chi connectivity index (χ3n) is 5.98. The molecule has 1 aromatic carbocycles. The Balaban J connectivity index is 1.21. The van der Waals surface area contributed by atoms with Gasteiger partial charge in [-0.15, -0.1) is 0 Å². The maximum Gasteiger partial charge on any atom is 0.251 e. The topological polar surface area (TPSA) is 61.5 Å². The van der Waals surface area contributed by atoms with Gasteiger partial charge < -0.3 is 14.3 Å². The van der Waals surface area contributed by atoms with Gasteiger partial charge in [0.15, 0.2) is 5.58 Å². The fourth-order valence-electron chi connectivity index (χ4n) is 4.15. The van der Waals surface area contributed by atoms with Crippen molar-refractivity contribution in [2.75, 3.05) is 49.1 Å². The maximum atomic E-state index is 13.4. The molecule has 2 saturated heterocycles. The number of benzene rings is 1. The summed E-state index contributed by atoms with van der Waals surface area (Å²) in [6, 6.07) is 9.83. The van der Waals surface area contributed by atoms with Crippen molar-refractivity contribution in [1.82, 2.24) is 20.0 Å². The monoisotopic (exact) mass is 414 g/mol. The predicted octanol–water partition coefficient (Wildman–Crippen LogP) is 3.18. The maximum absolute atomic E-state index is 13.4. The molecule has 4 heterocycles. The van der Waals surface area contributed by atoms with Crippen LogP contribution in [0.2, 0.25) is 0 Å². The van der Waals surface area contributed by atoms with Crippen LogP contribution >= 0.6 is 0 Å². The Bertz CT molecular complexity index is 1010. The highest BCUT2D eigenvalue weighted by atomic mass is 19.3. The fourth-order valence-corrected chi connectivity index (χ4v) is 4.15. The number of nitrogens with zero attached hydrogens (tertiary/aromatic N) is 6. The van der Waals surface area contributed by atoms with Crippen molar-refractivity contribution in [3.8, 4) is 0 Å².